The molecular weight excluding hydrogens is 494 g/mol. The van der Waals surface area contributed by atoms with E-state index in [-0.39, 0.29) is 0 Å². The Kier molecular flexibility index (Phi) is 10.7. The Hall–Kier alpha value is -0.0400. The van der Waals surface area contributed by atoms with Crippen molar-refractivity contribution >= 4 is 0 Å². The molecule has 41 heavy (non-hydrogen) atoms. The van der Waals surface area contributed by atoms with Crippen LogP contribution in [0.2, 0.25) is 0 Å². The fourth-order valence-corrected chi connectivity index (χ4v) is 12.7. The van der Waals surface area contributed by atoms with Gasteiger partial charge in [-0.05, 0) is 146 Å². The molecule has 1 N–H and O–H groups in total. The predicted octanol–water partition coefficient (Wildman–Crippen LogP) is 11.0. The highest BCUT2D eigenvalue weighted by molar-refractivity contribution is 5.08. The second-order valence-corrected chi connectivity index (χ2v) is 17.7. The van der Waals surface area contributed by atoms with Crippen molar-refractivity contribution in [2.75, 3.05) is 6.54 Å². The van der Waals surface area contributed by atoms with E-state index in [1.165, 1.54) is 70.8 Å². The lowest BCUT2D eigenvalue weighted by molar-refractivity contribution is -0.150. The maximum absolute atomic E-state index is 4.35. The van der Waals surface area contributed by atoms with Gasteiger partial charge in [0.1, 0.15) is 0 Å². The average molecular weight is 568 g/mol. The number of hydrogen-bond donors (Lipinski definition) is 1. The SMILES string of the molecule is CC1C(C)C(C)C(C)C(C)C(C)C2C3CCCC4C(CCNC(C5CCCCCC5)CC2C43)C(C)C(C)C(C)C1C. The molecule has 1 heteroatoms. The van der Waals surface area contributed by atoms with Crippen LogP contribution in [0, 0.1) is 101 Å². The highest BCUT2D eigenvalue weighted by Gasteiger charge is 2.59. The molecule has 1 saturated heterocycles. The topological polar surface area (TPSA) is 12.0 Å². The normalized spacial score (nSPS) is 54.4. The molecule has 0 radical (unpaired) electrons. The van der Waals surface area contributed by atoms with E-state index in [0.717, 1.165) is 107 Å². The summed E-state index contributed by atoms with van der Waals surface area (Å²) in [5, 5.41) is 4.35. The monoisotopic (exact) mass is 568 g/mol. The summed E-state index contributed by atoms with van der Waals surface area (Å²) in [6.07, 6.45) is 16.5. The third kappa shape index (κ3) is 6.12. The third-order valence-electron chi connectivity index (χ3n) is 16.7. The first kappa shape index (κ1) is 32.4. The predicted molar refractivity (Wildman–Crippen MR) is 179 cm³/mol. The first-order chi connectivity index (χ1) is 19.5. The van der Waals surface area contributed by atoms with Crippen molar-refractivity contribution < 1.29 is 0 Å². The second kappa shape index (κ2) is 13.5. The van der Waals surface area contributed by atoms with Crippen molar-refractivity contribution in [3.63, 3.8) is 0 Å². The first-order valence-electron chi connectivity index (χ1n) is 19.3. The van der Waals surface area contributed by atoms with Crippen LogP contribution in [0.15, 0.2) is 0 Å². The molecule has 5 saturated carbocycles. The van der Waals surface area contributed by atoms with Gasteiger partial charge < -0.3 is 5.32 Å². The maximum atomic E-state index is 4.35. The molecule has 1 nitrogen and oxygen atoms in total. The molecule has 0 aromatic rings. The van der Waals surface area contributed by atoms with E-state index in [0.29, 0.717) is 0 Å². The number of nitrogens with one attached hydrogen (secondary N) is 1. The molecular formula is C40H73N. The van der Waals surface area contributed by atoms with Crippen molar-refractivity contribution in [2.24, 2.45) is 101 Å². The van der Waals surface area contributed by atoms with E-state index in [4.69, 9.17) is 0 Å². The van der Waals surface area contributed by atoms with Gasteiger partial charge in [0, 0.05) is 6.04 Å². The second-order valence-electron chi connectivity index (χ2n) is 17.7. The minimum absolute atomic E-state index is 0.785. The fourth-order valence-electron chi connectivity index (χ4n) is 12.7. The van der Waals surface area contributed by atoms with Crippen LogP contribution in [0.3, 0.4) is 0 Å². The largest absolute Gasteiger partial charge is 0.314 e. The van der Waals surface area contributed by atoms with Crippen molar-refractivity contribution in [1.82, 2.24) is 5.32 Å². The van der Waals surface area contributed by atoms with Crippen molar-refractivity contribution in [3.8, 4) is 0 Å². The van der Waals surface area contributed by atoms with E-state index in [2.05, 4.69) is 74.6 Å². The summed E-state index contributed by atoms with van der Waals surface area (Å²) in [6.45, 7) is 27.9. The van der Waals surface area contributed by atoms with Gasteiger partial charge in [-0.25, -0.2) is 0 Å². The van der Waals surface area contributed by atoms with Crippen LogP contribution in [0.25, 0.3) is 0 Å². The van der Waals surface area contributed by atoms with E-state index >= 15 is 0 Å². The van der Waals surface area contributed by atoms with Crippen molar-refractivity contribution in [1.29, 1.82) is 0 Å². The molecule has 5 aliphatic carbocycles. The maximum Gasteiger partial charge on any atom is 0.00981 e. The summed E-state index contributed by atoms with van der Waals surface area (Å²) in [4.78, 5) is 0. The van der Waals surface area contributed by atoms with E-state index in [1.807, 2.05) is 0 Å². The van der Waals surface area contributed by atoms with Gasteiger partial charge in [0.25, 0.3) is 0 Å². The van der Waals surface area contributed by atoms with Crippen LogP contribution in [-0.4, -0.2) is 12.6 Å². The zero-order valence-electron chi connectivity index (χ0n) is 29.4. The molecule has 6 fully saturated rings. The Morgan fingerprint density at radius 3 is 1.41 bits per heavy atom. The van der Waals surface area contributed by atoms with Crippen molar-refractivity contribution in [2.45, 2.75) is 146 Å². The van der Waals surface area contributed by atoms with Crippen LogP contribution < -0.4 is 5.32 Å². The molecule has 1 aliphatic heterocycles. The fraction of sp³-hybridized carbons (Fsp3) is 1.00. The van der Waals surface area contributed by atoms with Crippen LogP contribution in [0.4, 0.5) is 0 Å². The molecule has 17 unspecified atom stereocenters. The zero-order valence-corrected chi connectivity index (χ0v) is 29.4. The van der Waals surface area contributed by atoms with Gasteiger partial charge in [-0.2, -0.15) is 0 Å². The smallest absolute Gasteiger partial charge is 0.00981 e. The van der Waals surface area contributed by atoms with Crippen LogP contribution in [-0.2, 0) is 0 Å². The van der Waals surface area contributed by atoms with E-state index < -0.39 is 0 Å². The molecule has 0 aromatic carbocycles. The Bertz CT molecular complexity index is 812. The first-order valence-corrected chi connectivity index (χ1v) is 19.3. The minimum atomic E-state index is 0.785. The van der Waals surface area contributed by atoms with Gasteiger partial charge in [0.2, 0.25) is 0 Å². The lowest BCUT2D eigenvalue weighted by Crippen LogP contribution is -2.58. The molecule has 238 valence electrons. The Balaban J connectivity index is 1.54. The summed E-state index contributed by atoms with van der Waals surface area (Å²) < 4.78 is 0. The average Bonchev–Trinajstić information content (AvgIpc) is 3.22. The Morgan fingerprint density at radius 2 is 0.854 bits per heavy atom. The van der Waals surface area contributed by atoms with Crippen molar-refractivity contribution in [3.05, 3.63) is 0 Å². The molecule has 6 aliphatic rings. The standard InChI is InChI=1S/C40H73N/c1-23-24(2)26(4)28(6)30(8)32(10)39-36-19-15-18-35-34(31(9)29(7)27(5)25(23)3)20-21-41-38(22-37(39)40(35)36)33-16-13-11-12-14-17-33/h23-41H,11-22H2,1-10H3. The van der Waals surface area contributed by atoms with Gasteiger partial charge in [0.05, 0.1) is 0 Å². The highest BCUT2D eigenvalue weighted by Crippen LogP contribution is 2.64. The summed E-state index contributed by atoms with van der Waals surface area (Å²) in [5.74, 6) is 15.0. The zero-order chi connectivity index (χ0) is 29.6. The summed E-state index contributed by atoms with van der Waals surface area (Å²) in [5.41, 5.74) is 0. The lowest BCUT2D eigenvalue weighted by atomic mass is 9.42. The summed E-state index contributed by atoms with van der Waals surface area (Å²) in [6, 6.07) is 0.785. The molecule has 1 heterocycles. The number of fused-ring (bicyclic) bond motifs is 9. The minimum Gasteiger partial charge on any atom is -0.314 e. The van der Waals surface area contributed by atoms with Gasteiger partial charge in [-0.1, -0.05) is 101 Å². The van der Waals surface area contributed by atoms with Gasteiger partial charge in [-0.15, -0.1) is 0 Å². The molecule has 17 atom stereocenters. The summed E-state index contributed by atoms with van der Waals surface area (Å²) in [7, 11) is 0. The van der Waals surface area contributed by atoms with Crippen LogP contribution >= 0.6 is 0 Å². The van der Waals surface area contributed by atoms with Gasteiger partial charge in [-0.3, -0.25) is 0 Å². The molecule has 6 bridgehead atoms. The third-order valence-corrected chi connectivity index (χ3v) is 16.7. The Labute approximate surface area is 257 Å². The van der Waals surface area contributed by atoms with Crippen LogP contribution in [0.1, 0.15) is 140 Å². The quantitative estimate of drug-likeness (QED) is 0.311. The lowest BCUT2D eigenvalue weighted by Gasteiger charge is -2.63. The van der Waals surface area contributed by atoms with E-state index in [9.17, 15) is 0 Å². The van der Waals surface area contributed by atoms with Gasteiger partial charge in [0.15, 0.2) is 0 Å². The summed E-state index contributed by atoms with van der Waals surface area (Å²) >= 11 is 0. The molecule has 0 spiro atoms. The molecule has 0 aromatic heterocycles. The number of hydrogen-bond acceptors (Lipinski definition) is 1. The number of rotatable bonds is 1. The highest BCUT2D eigenvalue weighted by atomic mass is 14.9. The van der Waals surface area contributed by atoms with Gasteiger partial charge >= 0.3 is 0 Å². The Morgan fingerprint density at radius 1 is 0.366 bits per heavy atom. The molecule has 0 amide bonds. The van der Waals surface area contributed by atoms with Crippen LogP contribution in [0.5, 0.6) is 0 Å². The molecule has 6 rings (SSSR count). The van der Waals surface area contributed by atoms with E-state index in [1.54, 1.807) is 6.42 Å².